The van der Waals surface area contributed by atoms with Gasteiger partial charge in [0.1, 0.15) is 5.75 Å². The average Bonchev–Trinajstić information content (AvgIpc) is 3.19. The van der Waals surface area contributed by atoms with Crippen molar-refractivity contribution in [2.24, 2.45) is 5.92 Å². The molecule has 0 saturated carbocycles. The second kappa shape index (κ2) is 10.1. The quantitative estimate of drug-likeness (QED) is 0.711. The second-order valence-corrected chi connectivity index (χ2v) is 7.46. The third kappa shape index (κ3) is 5.70. The highest BCUT2D eigenvalue weighted by atomic mass is 16.5. The van der Waals surface area contributed by atoms with E-state index in [4.69, 9.17) is 4.74 Å². The van der Waals surface area contributed by atoms with Crippen LogP contribution in [0.25, 0.3) is 5.57 Å². The molecule has 0 spiro atoms. The van der Waals surface area contributed by atoms with E-state index in [-0.39, 0.29) is 5.91 Å². The molecule has 1 unspecified atom stereocenters. The van der Waals surface area contributed by atoms with Crippen LogP contribution in [0.1, 0.15) is 24.5 Å². The normalized spacial score (nSPS) is 17.5. The number of hydrogen-bond donors (Lipinski definition) is 1. The maximum Gasteiger partial charge on any atom is 0.244 e. The topological polar surface area (TPSA) is 41.6 Å². The Hall–Kier alpha value is -2.59. The van der Waals surface area contributed by atoms with E-state index in [1.807, 2.05) is 31.2 Å². The van der Waals surface area contributed by atoms with Crippen LogP contribution in [-0.4, -0.2) is 44.1 Å². The van der Waals surface area contributed by atoms with Crippen LogP contribution in [0.4, 0.5) is 0 Å². The van der Waals surface area contributed by atoms with Crippen molar-refractivity contribution in [1.82, 2.24) is 10.2 Å². The molecule has 148 valence electrons. The number of para-hydroxylation sites is 1. The number of nitrogens with zero attached hydrogens (tertiary/aromatic N) is 1. The lowest BCUT2D eigenvalue weighted by atomic mass is 10.1. The molecule has 1 aliphatic rings. The van der Waals surface area contributed by atoms with Crippen molar-refractivity contribution in [3.8, 4) is 5.75 Å². The first-order chi connectivity index (χ1) is 13.7. The van der Waals surface area contributed by atoms with Gasteiger partial charge < -0.3 is 15.0 Å². The molecule has 1 heterocycles. The minimum atomic E-state index is -0.0360. The van der Waals surface area contributed by atoms with E-state index in [9.17, 15) is 4.79 Å². The zero-order chi connectivity index (χ0) is 19.8. The number of allylic oxidation sites excluding steroid dienone is 1. The number of likely N-dealkylation sites (tertiary alicyclic amines) is 1. The maximum atomic E-state index is 12.3. The van der Waals surface area contributed by atoms with Gasteiger partial charge in [-0.15, -0.1) is 0 Å². The van der Waals surface area contributed by atoms with E-state index in [0.29, 0.717) is 5.92 Å². The molecule has 1 saturated heterocycles. The number of benzene rings is 2. The van der Waals surface area contributed by atoms with Gasteiger partial charge in [-0.2, -0.15) is 0 Å². The van der Waals surface area contributed by atoms with Crippen LogP contribution in [0, 0.1) is 5.92 Å². The van der Waals surface area contributed by atoms with E-state index in [1.165, 1.54) is 5.56 Å². The summed E-state index contributed by atoms with van der Waals surface area (Å²) in [6.07, 6.45) is 3.89. The van der Waals surface area contributed by atoms with Gasteiger partial charge >= 0.3 is 0 Å². The molecule has 1 atom stereocenters. The molecule has 0 aliphatic carbocycles. The summed E-state index contributed by atoms with van der Waals surface area (Å²) in [6.45, 7) is 5.93. The molecule has 4 heteroatoms. The first kappa shape index (κ1) is 20.2. The van der Waals surface area contributed by atoms with Gasteiger partial charge in [0, 0.05) is 31.3 Å². The molecule has 4 nitrogen and oxygen atoms in total. The minimum Gasteiger partial charge on any atom is -0.496 e. The van der Waals surface area contributed by atoms with Gasteiger partial charge in [-0.25, -0.2) is 0 Å². The van der Waals surface area contributed by atoms with Gasteiger partial charge in [0.05, 0.1) is 7.11 Å². The van der Waals surface area contributed by atoms with Crippen LogP contribution < -0.4 is 10.1 Å². The minimum absolute atomic E-state index is 0.0360. The van der Waals surface area contributed by atoms with Crippen molar-refractivity contribution in [1.29, 1.82) is 0 Å². The molecule has 0 radical (unpaired) electrons. The number of ether oxygens (including phenoxy) is 1. The summed E-state index contributed by atoms with van der Waals surface area (Å²) >= 11 is 0. The molecule has 1 amide bonds. The third-order valence-electron chi connectivity index (χ3n) is 5.37. The number of methoxy groups -OCH3 is 1. The van der Waals surface area contributed by atoms with E-state index in [1.54, 1.807) is 13.2 Å². The van der Waals surface area contributed by atoms with E-state index in [2.05, 4.69) is 40.5 Å². The maximum absolute atomic E-state index is 12.3. The standard InChI is InChI=1S/C24H30N2O2/c1-19(22-10-6-7-11-23(22)28-2)16-24(27)25-17-21-13-15-26(18-21)14-12-20-8-4-3-5-9-20/h3-11,16,21H,12-15,17-18H2,1-2H3,(H,25,27)/b19-16+. The number of hydrogen-bond acceptors (Lipinski definition) is 3. The summed E-state index contributed by atoms with van der Waals surface area (Å²) < 4.78 is 5.38. The third-order valence-corrected chi connectivity index (χ3v) is 5.37. The fraction of sp³-hybridized carbons (Fsp3) is 0.375. The van der Waals surface area contributed by atoms with Crippen molar-refractivity contribution in [2.45, 2.75) is 19.8 Å². The monoisotopic (exact) mass is 378 g/mol. The highest BCUT2D eigenvalue weighted by Crippen LogP contribution is 2.25. The molecule has 0 aromatic heterocycles. The number of amides is 1. The van der Waals surface area contributed by atoms with Gasteiger partial charge in [0.2, 0.25) is 5.91 Å². The van der Waals surface area contributed by atoms with Crippen molar-refractivity contribution in [3.63, 3.8) is 0 Å². The summed E-state index contributed by atoms with van der Waals surface area (Å²) in [6, 6.07) is 18.4. The molecular formula is C24H30N2O2. The molecule has 1 aliphatic heterocycles. The van der Waals surface area contributed by atoms with Crippen LogP contribution in [0.2, 0.25) is 0 Å². The molecular weight excluding hydrogens is 348 g/mol. The van der Waals surface area contributed by atoms with Crippen LogP contribution in [0.15, 0.2) is 60.7 Å². The SMILES string of the molecule is COc1ccccc1/C(C)=C/C(=O)NCC1CCN(CCc2ccccc2)C1. The summed E-state index contributed by atoms with van der Waals surface area (Å²) in [7, 11) is 1.65. The lowest BCUT2D eigenvalue weighted by Crippen LogP contribution is -2.30. The van der Waals surface area contributed by atoms with E-state index >= 15 is 0 Å². The summed E-state index contributed by atoms with van der Waals surface area (Å²) in [5.41, 5.74) is 3.25. The fourth-order valence-electron chi connectivity index (χ4n) is 3.76. The molecule has 1 N–H and O–H groups in total. The zero-order valence-electron chi connectivity index (χ0n) is 16.9. The van der Waals surface area contributed by atoms with Gasteiger partial charge in [0.15, 0.2) is 0 Å². The molecule has 1 fully saturated rings. The van der Waals surface area contributed by atoms with E-state index in [0.717, 1.165) is 55.9 Å². The first-order valence-electron chi connectivity index (χ1n) is 10.0. The fourth-order valence-corrected chi connectivity index (χ4v) is 3.76. The number of carbonyl (C=O) groups is 1. The zero-order valence-corrected chi connectivity index (χ0v) is 16.9. The van der Waals surface area contributed by atoms with Crippen molar-refractivity contribution in [2.75, 3.05) is 33.3 Å². The lowest BCUT2D eigenvalue weighted by molar-refractivity contribution is -0.116. The van der Waals surface area contributed by atoms with Crippen LogP contribution >= 0.6 is 0 Å². The Balaban J connectivity index is 1.43. The molecule has 2 aromatic rings. The molecule has 3 rings (SSSR count). The molecule has 28 heavy (non-hydrogen) atoms. The Kier molecular flexibility index (Phi) is 7.26. The molecule has 2 aromatic carbocycles. The van der Waals surface area contributed by atoms with Crippen molar-refractivity contribution < 1.29 is 9.53 Å². The Bertz CT molecular complexity index is 801. The van der Waals surface area contributed by atoms with Gasteiger partial charge in [-0.05, 0) is 49.4 Å². The Morgan fingerprint density at radius 1 is 1.18 bits per heavy atom. The van der Waals surface area contributed by atoms with Gasteiger partial charge in [0.25, 0.3) is 0 Å². The van der Waals surface area contributed by atoms with Gasteiger partial charge in [-0.3, -0.25) is 4.79 Å². The highest BCUT2D eigenvalue weighted by molar-refractivity contribution is 5.95. The first-order valence-corrected chi connectivity index (χ1v) is 10.0. The second-order valence-electron chi connectivity index (χ2n) is 7.46. The van der Waals surface area contributed by atoms with Crippen molar-refractivity contribution >= 4 is 11.5 Å². The number of carbonyl (C=O) groups excluding carboxylic acids is 1. The highest BCUT2D eigenvalue weighted by Gasteiger charge is 2.22. The average molecular weight is 379 g/mol. The van der Waals surface area contributed by atoms with Crippen LogP contribution in [0.3, 0.4) is 0 Å². The van der Waals surface area contributed by atoms with Crippen LogP contribution in [0.5, 0.6) is 5.75 Å². The molecule has 0 bridgehead atoms. The van der Waals surface area contributed by atoms with Crippen molar-refractivity contribution in [3.05, 3.63) is 71.8 Å². The Morgan fingerprint density at radius 3 is 2.71 bits per heavy atom. The van der Waals surface area contributed by atoms with Crippen LogP contribution in [-0.2, 0) is 11.2 Å². The van der Waals surface area contributed by atoms with E-state index < -0.39 is 0 Å². The Morgan fingerprint density at radius 2 is 1.93 bits per heavy atom. The smallest absolute Gasteiger partial charge is 0.244 e. The summed E-state index contributed by atoms with van der Waals surface area (Å²) in [5, 5.41) is 3.07. The summed E-state index contributed by atoms with van der Waals surface area (Å²) in [4.78, 5) is 14.8. The lowest BCUT2D eigenvalue weighted by Gasteiger charge is -2.16. The number of rotatable bonds is 8. The predicted molar refractivity (Wildman–Crippen MR) is 114 cm³/mol. The number of nitrogens with one attached hydrogen (secondary N) is 1. The predicted octanol–water partition coefficient (Wildman–Crippen LogP) is 3.78. The van der Waals surface area contributed by atoms with Gasteiger partial charge in [-0.1, -0.05) is 48.5 Å². The summed E-state index contributed by atoms with van der Waals surface area (Å²) in [5.74, 6) is 1.28. The Labute approximate surface area is 168 Å². The largest absolute Gasteiger partial charge is 0.496 e.